The number of carboxylic acid groups (broad SMARTS) is 1. The Morgan fingerprint density at radius 3 is 2.26 bits per heavy atom. The highest BCUT2D eigenvalue weighted by atomic mass is 35.5. The van der Waals surface area contributed by atoms with E-state index in [1.54, 1.807) is 32.9 Å². The van der Waals surface area contributed by atoms with Gasteiger partial charge in [0.15, 0.2) is 0 Å². The van der Waals surface area contributed by atoms with Gasteiger partial charge in [0.1, 0.15) is 6.04 Å². The van der Waals surface area contributed by atoms with Crippen LogP contribution in [0.4, 0.5) is 0 Å². The summed E-state index contributed by atoms with van der Waals surface area (Å²) in [4.78, 5) is 23.3. The van der Waals surface area contributed by atoms with E-state index < -0.39 is 23.3 Å². The molecule has 0 saturated carbocycles. The maximum atomic E-state index is 12.1. The first-order valence-electron chi connectivity index (χ1n) is 5.92. The predicted octanol–water partition coefficient (Wildman–Crippen LogP) is 2.88. The molecule has 0 saturated heterocycles. The van der Waals surface area contributed by atoms with Crippen LogP contribution in [0.15, 0.2) is 18.2 Å². The Balaban J connectivity index is 2.97. The van der Waals surface area contributed by atoms with Crippen molar-refractivity contribution >= 4 is 23.5 Å². The molecule has 0 spiro atoms. The standard InChI is InChI=1S/C14H18ClNO3/c1-8-5-9(7-10(15)6-8)12(17)16-11(13(18)19)14(2,3)4/h5-7,11H,1-4H3,(H,16,17)(H,18,19)/t11-/m1/s1. The van der Waals surface area contributed by atoms with Gasteiger partial charge in [-0.05, 0) is 36.1 Å². The molecule has 0 aliphatic heterocycles. The topological polar surface area (TPSA) is 66.4 Å². The normalized spacial score (nSPS) is 12.9. The van der Waals surface area contributed by atoms with Gasteiger partial charge in [-0.3, -0.25) is 4.79 Å². The first-order valence-corrected chi connectivity index (χ1v) is 6.30. The Morgan fingerprint density at radius 2 is 1.84 bits per heavy atom. The molecule has 0 aromatic heterocycles. The fourth-order valence-corrected chi connectivity index (χ4v) is 2.02. The molecule has 0 fully saturated rings. The van der Waals surface area contributed by atoms with Crippen molar-refractivity contribution in [3.05, 3.63) is 34.3 Å². The Hall–Kier alpha value is -1.55. The molecule has 4 nitrogen and oxygen atoms in total. The largest absolute Gasteiger partial charge is 0.480 e. The summed E-state index contributed by atoms with van der Waals surface area (Å²) in [5.74, 6) is -1.49. The number of carboxylic acids is 1. The van der Waals surface area contributed by atoms with Crippen molar-refractivity contribution in [1.29, 1.82) is 0 Å². The first kappa shape index (κ1) is 15.5. The van der Waals surface area contributed by atoms with E-state index in [9.17, 15) is 14.7 Å². The molecule has 0 heterocycles. The lowest BCUT2D eigenvalue weighted by Gasteiger charge is -2.27. The molecule has 5 heteroatoms. The number of aliphatic carboxylic acids is 1. The van der Waals surface area contributed by atoms with Crippen LogP contribution in [0.25, 0.3) is 0 Å². The van der Waals surface area contributed by atoms with Crippen molar-refractivity contribution in [2.24, 2.45) is 5.41 Å². The van der Waals surface area contributed by atoms with Crippen LogP contribution in [0.1, 0.15) is 36.7 Å². The molecule has 0 aliphatic rings. The van der Waals surface area contributed by atoms with Crippen LogP contribution in [0.3, 0.4) is 0 Å². The van der Waals surface area contributed by atoms with E-state index in [1.165, 1.54) is 6.07 Å². The van der Waals surface area contributed by atoms with Gasteiger partial charge in [0.2, 0.25) is 0 Å². The smallest absolute Gasteiger partial charge is 0.326 e. The van der Waals surface area contributed by atoms with E-state index in [1.807, 2.05) is 6.92 Å². The van der Waals surface area contributed by atoms with Gasteiger partial charge in [-0.15, -0.1) is 0 Å². The molecule has 104 valence electrons. The van der Waals surface area contributed by atoms with E-state index in [-0.39, 0.29) is 0 Å². The average Bonchev–Trinajstić information content (AvgIpc) is 2.21. The number of halogens is 1. The summed E-state index contributed by atoms with van der Waals surface area (Å²) < 4.78 is 0. The van der Waals surface area contributed by atoms with Crippen LogP contribution in [0, 0.1) is 12.3 Å². The number of benzene rings is 1. The number of amides is 1. The molecule has 1 rings (SSSR count). The number of hydrogen-bond acceptors (Lipinski definition) is 2. The van der Waals surface area contributed by atoms with Crippen LogP contribution in [0.5, 0.6) is 0 Å². The summed E-state index contributed by atoms with van der Waals surface area (Å²) in [6, 6.07) is 3.96. The quantitative estimate of drug-likeness (QED) is 0.896. The summed E-state index contributed by atoms with van der Waals surface area (Å²) in [5, 5.41) is 12.2. The van der Waals surface area contributed by atoms with Crippen LogP contribution in [-0.2, 0) is 4.79 Å². The molecule has 2 N–H and O–H groups in total. The fourth-order valence-electron chi connectivity index (χ4n) is 1.73. The third kappa shape index (κ3) is 4.24. The van der Waals surface area contributed by atoms with Gasteiger partial charge in [0.25, 0.3) is 5.91 Å². The SMILES string of the molecule is Cc1cc(Cl)cc(C(=O)N[C@H](C(=O)O)C(C)(C)C)c1. The number of rotatable bonds is 3. The zero-order valence-corrected chi connectivity index (χ0v) is 12.2. The Bertz CT molecular complexity index is 486. The van der Waals surface area contributed by atoms with Crippen molar-refractivity contribution in [2.75, 3.05) is 0 Å². The van der Waals surface area contributed by atoms with E-state index in [2.05, 4.69) is 5.32 Å². The van der Waals surface area contributed by atoms with E-state index in [4.69, 9.17) is 11.6 Å². The Kier molecular flexibility index (Phi) is 4.58. The molecule has 0 aliphatic carbocycles. The van der Waals surface area contributed by atoms with Gasteiger partial charge >= 0.3 is 5.97 Å². The summed E-state index contributed by atoms with van der Waals surface area (Å²) in [6.07, 6.45) is 0. The molecule has 1 aromatic carbocycles. The Morgan fingerprint density at radius 1 is 1.26 bits per heavy atom. The fraction of sp³-hybridized carbons (Fsp3) is 0.429. The summed E-state index contributed by atoms with van der Waals surface area (Å²) in [5.41, 5.74) is 0.635. The van der Waals surface area contributed by atoms with Gasteiger partial charge in [0, 0.05) is 10.6 Å². The second-order valence-corrected chi connectivity index (χ2v) is 6.06. The second kappa shape index (κ2) is 5.61. The number of carbonyl (C=O) groups is 2. The van der Waals surface area contributed by atoms with Gasteiger partial charge in [-0.1, -0.05) is 32.4 Å². The summed E-state index contributed by atoms with van der Waals surface area (Å²) in [7, 11) is 0. The van der Waals surface area contributed by atoms with Crippen molar-refractivity contribution in [3.63, 3.8) is 0 Å². The first-order chi connectivity index (χ1) is 8.61. The molecular formula is C14H18ClNO3. The third-order valence-corrected chi connectivity index (χ3v) is 2.91. The summed E-state index contributed by atoms with van der Waals surface area (Å²) in [6.45, 7) is 7.10. The lowest BCUT2D eigenvalue weighted by atomic mass is 9.86. The highest BCUT2D eigenvalue weighted by Gasteiger charge is 2.32. The van der Waals surface area contributed by atoms with Gasteiger partial charge in [-0.2, -0.15) is 0 Å². The second-order valence-electron chi connectivity index (χ2n) is 5.63. The van der Waals surface area contributed by atoms with E-state index in [0.717, 1.165) is 5.56 Å². The van der Waals surface area contributed by atoms with Crippen molar-refractivity contribution in [3.8, 4) is 0 Å². The monoisotopic (exact) mass is 283 g/mol. The van der Waals surface area contributed by atoms with Gasteiger partial charge < -0.3 is 10.4 Å². The highest BCUT2D eigenvalue weighted by Crippen LogP contribution is 2.21. The molecule has 1 aromatic rings. The minimum Gasteiger partial charge on any atom is -0.480 e. The van der Waals surface area contributed by atoms with Crippen LogP contribution >= 0.6 is 11.6 Å². The zero-order valence-electron chi connectivity index (χ0n) is 11.5. The van der Waals surface area contributed by atoms with Crippen LogP contribution in [-0.4, -0.2) is 23.0 Å². The number of hydrogen-bond donors (Lipinski definition) is 2. The lowest BCUT2D eigenvalue weighted by molar-refractivity contribution is -0.142. The van der Waals surface area contributed by atoms with Gasteiger partial charge in [-0.25, -0.2) is 4.79 Å². The molecule has 0 bridgehead atoms. The maximum absolute atomic E-state index is 12.1. The highest BCUT2D eigenvalue weighted by molar-refractivity contribution is 6.31. The Labute approximate surface area is 117 Å². The molecule has 0 unspecified atom stereocenters. The molecule has 0 radical (unpaired) electrons. The molecular weight excluding hydrogens is 266 g/mol. The number of nitrogens with one attached hydrogen (secondary N) is 1. The third-order valence-electron chi connectivity index (χ3n) is 2.69. The van der Waals surface area contributed by atoms with Crippen molar-refractivity contribution in [2.45, 2.75) is 33.7 Å². The molecule has 1 amide bonds. The van der Waals surface area contributed by atoms with Gasteiger partial charge in [0.05, 0.1) is 0 Å². The molecule has 1 atom stereocenters. The van der Waals surface area contributed by atoms with E-state index >= 15 is 0 Å². The van der Waals surface area contributed by atoms with Crippen LogP contribution < -0.4 is 5.32 Å². The molecule has 19 heavy (non-hydrogen) atoms. The van der Waals surface area contributed by atoms with Crippen molar-refractivity contribution in [1.82, 2.24) is 5.32 Å². The average molecular weight is 284 g/mol. The maximum Gasteiger partial charge on any atom is 0.326 e. The minimum absolute atomic E-state index is 0.362. The zero-order chi connectivity index (χ0) is 14.8. The number of carbonyl (C=O) groups excluding carboxylic acids is 1. The van der Waals surface area contributed by atoms with Crippen molar-refractivity contribution < 1.29 is 14.7 Å². The predicted molar refractivity (Wildman–Crippen MR) is 74.5 cm³/mol. The van der Waals surface area contributed by atoms with E-state index in [0.29, 0.717) is 10.6 Å². The number of aryl methyl sites for hydroxylation is 1. The summed E-state index contributed by atoms with van der Waals surface area (Å²) >= 11 is 5.89. The minimum atomic E-state index is -1.06. The van der Waals surface area contributed by atoms with Crippen LogP contribution in [0.2, 0.25) is 5.02 Å². The lowest BCUT2D eigenvalue weighted by Crippen LogP contribution is -2.49.